The number of ether oxygens (including phenoxy) is 1. The first-order chi connectivity index (χ1) is 18.3. The molecule has 8 heteroatoms. The number of rotatable bonds is 9. The largest absolute Gasteiger partial charge is 0.494 e. The summed E-state index contributed by atoms with van der Waals surface area (Å²) in [4.78, 5) is 29.4. The van der Waals surface area contributed by atoms with E-state index in [1.807, 2.05) is 50.2 Å². The molecule has 1 aliphatic rings. The molecule has 2 aromatic heterocycles. The van der Waals surface area contributed by atoms with Crippen LogP contribution in [0.2, 0.25) is 0 Å². The zero-order valence-corrected chi connectivity index (χ0v) is 23.4. The van der Waals surface area contributed by atoms with Crippen molar-refractivity contribution in [3.05, 3.63) is 79.6 Å². The van der Waals surface area contributed by atoms with Crippen LogP contribution in [0.25, 0.3) is 11.0 Å². The number of aromatic nitrogens is 2. The van der Waals surface area contributed by atoms with E-state index in [1.165, 1.54) is 11.3 Å². The topological polar surface area (TPSA) is 85.5 Å². The predicted octanol–water partition coefficient (Wildman–Crippen LogP) is 6.78. The SMILES string of the molecule is CCCCCOc1cccc(C2c3c(oc4cc(C)c(C)cc4c3=O)C(=O)N2c2nnc(CC(C)C)s2)c1. The lowest BCUT2D eigenvalue weighted by Gasteiger charge is -2.22. The molecule has 1 aliphatic heterocycles. The fourth-order valence-corrected chi connectivity index (χ4v) is 5.91. The summed E-state index contributed by atoms with van der Waals surface area (Å²) in [5, 5.41) is 10.5. The molecule has 1 amide bonds. The van der Waals surface area contributed by atoms with Crippen LogP contribution in [0.1, 0.15) is 83.9 Å². The molecule has 0 aliphatic carbocycles. The molecule has 2 aromatic carbocycles. The summed E-state index contributed by atoms with van der Waals surface area (Å²) in [6, 6.07) is 10.6. The predicted molar refractivity (Wildman–Crippen MR) is 151 cm³/mol. The molecule has 0 N–H and O–H groups in total. The lowest BCUT2D eigenvalue weighted by Crippen LogP contribution is -2.29. The van der Waals surface area contributed by atoms with E-state index in [-0.39, 0.29) is 17.1 Å². The Balaban J connectivity index is 1.65. The molecule has 1 atom stereocenters. The number of hydrogen-bond donors (Lipinski definition) is 0. The van der Waals surface area contributed by atoms with Gasteiger partial charge in [-0.3, -0.25) is 14.5 Å². The average Bonchev–Trinajstić information content (AvgIpc) is 3.45. The molecule has 0 saturated heterocycles. The number of carbonyl (C=O) groups is 1. The van der Waals surface area contributed by atoms with Gasteiger partial charge in [-0.15, -0.1) is 10.2 Å². The summed E-state index contributed by atoms with van der Waals surface area (Å²) < 4.78 is 12.2. The summed E-state index contributed by atoms with van der Waals surface area (Å²) in [5.74, 6) is 0.780. The highest BCUT2D eigenvalue weighted by atomic mass is 32.1. The first kappa shape index (κ1) is 26.1. The van der Waals surface area contributed by atoms with Gasteiger partial charge in [-0.2, -0.15) is 0 Å². The third-order valence-corrected chi connectivity index (χ3v) is 7.87. The van der Waals surface area contributed by atoms with E-state index in [0.717, 1.165) is 47.4 Å². The van der Waals surface area contributed by atoms with Crippen LogP contribution in [0, 0.1) is 19.8 Å². The van der Waals surface area contributed by atoms with Gasteiger partial charge >= 0.3 is 0 Å². The van der Waals surface area contributed by atoms with Gasteiger partial charge in [0.2, 0.25) is 10.9 Å². The number of benzene rings is 2. The quantitative estimate of drug-likeness (QED) is 0.221. The maximum atomic E-state index is 14.0. The molecular weight excluding hydrogens is 498 g/mol. The number of fused-ring (bicyclic) bond motifs is 2. The minimum absolute atomic E-state index is 0.0608. The zero-order chi connectivity index (χ0) is 27.0. The van der Waals surface area contributed by atoms with Crippen LogP contribution >= 0.6 is 11.3 Å². The first-order valence-corrected chi connectivity index (χ1v) is 14.1. The van der Waals surface area contributed by atoms with E-state index < -0.39 is 6.04 Å². The molecule has 0 radical (unpaired) electrons. The summed E-state index contributed by atoms with van der Waals surface area (Å²) in [6.45, 7) is 10.9. The molecule has 4 aromatic rings. The third-order valence-electron chi connectivity index (χ3n) is 6.92. The van der Waals surface area contributed by atoms with Crippen LogP contribution in [-0.4, -0.2) is 22.7 Å². The number of nitrogens with zero attached hydrogens (tertiary/aromatic N) is 3. The highest BCUT2D eigenvalue weighted by Crippen LogP contribution is 2.43. The van der Waals surface area contributed by atoms with Gasteiger partial charge in [0, 0.05) is 6.42 Å². The van der Waals surface area contributed by atoms with E-state index >= 15 is 0 Å². The molecule has 0 bridgehead atoms. The maximum Gasteiger partial charge on any atom is 0.297 e. The van der Waals surface area contributed by atoms with Gasteiger partial charge in [0.1, 0.15) is 16.3 Å². The Morgan fingerprint density at radius 3 is 2.63 bits per heavy atom. The fourth-order valence-electron chi connectivity index (χ4n) is 4.83. The smallest absolute Gasteiger partial charge is 0.297 e. The summed E-state index contributed by atoms with van der Waals surface area (Å²) >= 11 is 1.38. The van der Waals surface area contributed by atoms with Crippen LogP contribution in [0.3, 0.4) is 0 Å². The molecule has 3 heterocycles. The monoisotopic (exact) mass is 531 g/mol. The standard InChI is InChI=1S/C30H33N3O4S/c1-6-7-8-12-36-21-11-9-10-20(16-21)26-25-27(34)22-14-18(4)19(5)15-23(22)37-28(25)29(35)33(26)30-32-31-24(38-30)13-17(2)3/h9-11,14-17,26H,6-8,12-13H2,1-5H3. The second-order valence-electron chi connectivity index (χ2n) is 10.4. The number of carbonyl (C=O) groups excluding carboxylic acids is 1. The summed E-state index contributed by atoms with van der Waals surface area (Å²) in [5.41, 5.74) is 3.29. The summed E-state index contributed by atoms with van der Waals surface area (Å²) in [6.07, 6.45) is 3.94. The van der Waals surface area contributed by atoms with E-state index in [9.17, 15) is 9.59 Å². The Bertz CT molecular complexity index is 1560. The van der Waals surface area contributed by atoms with Crippen LogP contribution in [0.4, 0.5) is 5.13 Å². The normalized spacial score (nSPS) is 15.1. The highest BCUT2D eigenvalue weighted by molar-refractivity contribution is 7.15. The lowest BCUT2D eigenvalue weighted by molar-refractivity contribution is 0.0970. The van der Waals surface area contributed by atoms with E-state index in [1.54, 1.807) is 4.90 Å². The van der Waals surface area contributed by atoms with Crippen molar-refractivity contribution in [2.24, 2.45) is 5.92 Å². The van der Waals surface area contributed by atoms with Crippen molar-refractivity contribution in [3.8, 4) is 5.75 Å². The van der Waals surface area contributed by atoms with Crippen molar-refractivity contribution >= 4 is 33.3 Å². The van der Waals surface area contributed by atoms with Crippen molar-refractivity contribution in [2.45, 2.75) is 66.3 Å². The number of hydrogen-bond acceptors (Lipinski definition) is 7. The Morgan fingerprint density at radius 2 is 1.87 bits per heavy atom. The first-order valence-electron chi connectivity index (χ1n) is 13.2. The van der Waals surface area contributed by atoms with Gasteiger partial charge in [-0.25, -0.2) is 0 Å². The number of amides is 1. The fraction of sp³-hybridized carbons (Fsp3) is 0.400. The van der Waals surface area contributed by atoms with E-state index in [0.29, 0.717) is 39.9 Å². The average molecular weight is 532 g/mol. The van der Waals surface area contributed by atoms with E-state index in [4.69, 9.17) is 9.15 Å². The van der Waals surface area contributed by atoms with Crippen LogP contribution in [0.15, 0.2) is 45.6 Å². The number of aryl methyl sites for hydroxylation is 2. The zero-order valence-electron chi connectivity index (χ0n) is 22.5. The summed E-state index contributed by atoms with van der Waals surface area (Å²) in [7, 11) is 0. The van der Waals surface area contributed by atoms with Gasteiger partial charge in [0.05, 0.1) is 23.6 Å². The lowest BCUT2D eigenvalue weighted by atomic mass is 9.97. The molecule has 198 valence electrons. The molecule has 38 heavy (non-hydrogen) atoms. The van der Waals surface area contributed by atoms with Crippen molar-refractivity contribution in [1.29, 1.82) is 0 Å². The van der Waals surface area contributed by atoms with Crippen LogP contribution in [-0.2, 0) is 6.42 Å². The molecule has 1 unspecified atom stereocenters. The van der Waals surface area contributed by atoms with E-state index in [2.05, 4.69) is 31.0 Å². The van der Waals surface area contributed by atoms with Gasteiger partial charge in [-0.1, -0.05) is 57.1 Å². The Hall–Kier alpha value is -3.52. The Morgan fingerprint density at radius 1 is 1.08 bits per heavy atom. The van der Waals surface area contributed by atoms with Crippen molar-refractivity contribution in [2.75, 3.05) is 11.5 Å². The minimum atomic E-state index is -0.696. The van der Waals surface area contributed by atoms with Crippen molar-refractivity contribution in [3.63, 3.8) is 0 Å². The van der Waals surface area contributed by atoms with Crippen LogP contribution in [0.5, 0.6) is 5.75 Å². The van der Waals surface area contributed by atoms with Gasteiger partial charge in [0.15, 0.2) is 5.43 Å². The highest BCUT2D eigenvalue weighted by Gasteiger charge is 2.45. The van der Waals surface area contributed by atoms with Crippen molar-refractivity contribution < 1.29 is 13.9 Å². The number of anilines is 1. The molecule has 0 spiro atoms. The van der Waals surface area contributed by atoms with Gasteiger partial charge in [0.25, 0.3) is 5.91 Å². The van der Waals surface area contributed by atoms with Crippen LogP contribution < -0.4 is 15.1 Å². The Labute approximate surface area is 226 Å². The minimum Gasteiger partial charge on any atom is -0.494 e. The van der Waals surface area contributed by atoms with Gasteiger partial charge in [-0.05, 0) is 67.1 Å². The molecule has 7 nitrogen and oxygen atoms in total. The molecule has 5 rings (SSSR count). The van der Waals surface area contributed by atoms with Gasteiger partial charge < -0.3 is 9.15 Å². The number of unbranched alkanes of at least 4 members (excludes halogenated alkanes) is 2. The molecule has 0 saturated carbocycles. The second-order valence-corrected chi connectivity index (χ2v) is 11.4. The molecular formula is C30H33N3O4S. The third kappa shape index (κ3) is 4.85. The maximum absolute atomic E-state index is 14.0. The van der Waals surface area contributed by atoms with Crippen molar-refractivity contribution in [1.82, 2.24) is 10.2 Å². The Kier molecular flexibility index (Phi) is 7.34. The molecule has 0 fully saturated rings. The second kappa shape index (κ2) is 10.7.